The van der Waals surface area contributed by atoms with Crippen LogP contribution in [0.25, 0.3) is 22.8 Å². The number of nitrogens with zero attached hydrogens (tertiary/aromatic N) is 3. The van der Waals surface area contributed by atoms with Gasteiger partial charge in [-0.05, 0) is 48.7 Å². The summed E-state index contributed by atoms with van der Waals surface area (Å²) in [6.45, 7) is 2.05. The minimum atomic E-state index is -0.159. The van der Waals surface area contributed by atoms with E-state index in [-0.39, 0.29) is 11.9 Å². The average Bonchev–Trinajstić information content (AvgIpc) is 3.16. The Kier molecular flexibility index (Phi) is 3.57. The molecule has 0 spiro atoms. The van der Waals surface area contributed by atoms with E-state index in [2.05, 4.69) is 15.1 Å². The predicted molar refractivity (Wildman–Crippen MR) is 85.9 cm³/mol. The molecule has 0 radical (unpaired) electrons. The normalized spacial score (nSPS) is 19.0. The number of rotatable bonds is 4. The van der Waals surface area contributed by atoms with Gasteiger partial charge in [-0.3, -0.25) is 9.78 Å². The molecular formula is C18H15N3O3. The molecule has 2 aromatic heterocycles. The lowest BCUT2D eigenvalue weighted by molar-refractivity contribution is -0.136. The van der Waals surface area contributed by atoms with Crippen molar-refractivity contribution in [2.45, 2.75) is 13.3 Å². The molecule has 0 saturated heterocycles. The molecule has 3 aromatic rings. The Morgan fingerprint density at radius 2 is 2.00 bits per heavy atom. The number of hydrogen-bond donors (Lipinski definition) is 0. The van der Waals surface area contributed by atoms with E-state index in [4.69, 9.17) is 9.26 Å². The second-order valence-electron chi connectivity index (χ2n) is 5.93. The van der Waals surface area contributed by atoms with Crippen LogP contribution in [0.2, 0.25) is 0 Å². The molecule has 24 heavy (non-hydrogen) atoms. The number of aromatic nitrogens is 3. The van der Waals surface area contributed by atoms with Gasteiger partial charge in [-0.2, -0.15) is 4.98 Å². The van der Waals surface area contributed by atoms with Crippen LogP contribution < -0.4 is 4.74 Å². The Balaban J connectivity index is 1.49. The molecule has 1 aliphatic rings. The Morgan fingerprint density at radius 3 is 2.67 bits per heavy atom. The Hall–Kier alpha value is -3.02. The van der Waals surface area contributed by atoms with E-state index >= 15 is 0 Å². The maximum absolute atomic E-state index is 11.8. The first kappa shape index (κ1) is 14.6. The molecule has 2 heterocycles. The monoisotopic (exact) mass is 321 g/mol. The van der Waals surface area contributed by atoms with E-state index in [1.54, 1.807) is 36.7 Å². The van der Waals surface area contributed by atoms with Gasteiger partial charge in [0.15, 0.2) is 0 Å². The van der Waals surface area contributed by atoms with E-state index in [1.165, 1.54) is 0 Å². The van der Waals surface area contributed by atoms with Gasteiger partial charge in [0.2, 0.25) is 5.82 Å². The van der Waals surface area contributed by atoms with Crippen LogP contribution in [0.3, 0.4) is 0 Å². The summed E-state index contributed by atoms with van der Waals surface area (Å²) in [7, 11) is 0. The van der Waals surface area contributed by atoms with Crippen molar-refractivity contribution < 1.29 is 14.1 Å². The van der Waals surface area contributed by atoms with Crippen LogP contribution in [0.5, 0.6) is 5.75 Å². The van der Waals surface area contributed by atoms with Gasteiger partial charge < -0.3 is 9.26 Å². The van der Waals surface area contributed by atoms with E-state index in [1.807, 2.05) is 19.1 Å². The summed E-state index contributed by atoms with van der Waals surface area (Å²) in [6.07, 6.45) is 4.26. The third-order valence-corrected chi connectivity index (χ3v) is 4.08. The molecule has 0 amide bonds. The first-order valence-electron chi connectivity index (χ1n) is 7.77. The van der Waals surface area contributed by atoms with Crippen LogP contribution in [0.1, 0.15) is 13.3 Å². The van der Waals surface area contributed by atoms with E-state index < -0.39 is 0 Å². The molecule has 4 rings (SSSR count). The molecule has 6 heteroatoms. The molecule has 1 fully saturated rings. The molecule has 1 aromatic carbocycles. The fraction of sp³-hybridized carbons (Fsp3) is 0.222. The number of esters is 1. The highest BCUT2D eigenvalue weighted by molar-refractivity contribution is 5.78. The SMILES string of the molecule is C[C@H]1C[C@@H]1C(=O)Oc1ccc(-c2noc(-c3cccnc3)n2)cc1. The highest BCUT2D eigenvalue weighted by Crippen LogP contribution is 2.38. The van der Waals surface area contributed by atoms with E-state index in [0.717, 1.165) is 17.5 Å². The number of hydrogen-bond acceptors (Lipinski definition) is 6. The van der Waals surface area contributed by atoms with Gasteiger partial charge in [0.05, 0.1) is 11.5 Å². The van der Waals surface area contributed by atoms with Gasteiger partial charge in [0.25, 0.3) is 5.89 Å². The van der Waals surface area contributed by atoms with Crippen LogP contribution >= 0.6 is 0 Å². The maximum Gasteiger partial charge on any atom is 0.314 e. The molecule has 6 nitrogen and oxygen atoms in total. The third kappa shape index (κ3) is 2.90. The number of benzene rings is 1. The number of pyridine rings is 1. The molecule has 2 atom stereocenters. The van der Waals surface area contributed by atoms with Crippen molar-refractivity contribution in [2.24, 2.45) is 11.8 Å². The van der Waals surface area contributed by atoms with Crippen molar-refractivity contribution in [1.82, 2.24) is 15.1 Å². The lowest BCUT2D eigenvalue weighted by Gasteiger charge is -2.03. The van der Waals surface area contributed by atoms with Gasteiger partial charge in [-0.15, -0.1) is 0 Å². The summed E-state index contributed by atoms with van der Waals surface area (Å²) in [5.41, 5.74) is 1.55. The highest BCUT2D eigenvalue weighted by atomic mass is 16.5. The summed E-state index contributed by atoms with van der Waals surface area (Å²) in [4.78, 5) is 20.2. The second-order valence-corrected chi connectivity index (χ2v) is 5.93. The summed E-state index contributed by atoms with van der Waals surface area (Å²) < 4.78 is 10.6. The molecule has 120 valence electrons. The Morgan fingerprint density at radius 1 is 1.21 bits per heavy atom. The molecule has 1 saturated carbocycles. The molecule has 0 bridgehead atoms. The molecule has 0 N–H and O–H groups in total. The summed E-state index contributed by atoms with van der Waals surface area (Å²) >= 11 is 0. The standard InChI is InChI=1S/C18H15N3O3/c1-11-9-15(11)18(22)23-14-6-4-12(5-7-14)16-20-17(24-21-16)13-3-2-8-19-10-13/h2-8,10-11,15H,9H2,1H3/t11-,15-/m0/s1. The van der Waals surface area contributed by atoms with Crippen LogP contribution in [-0.2, 0) is 4.79 Å². The zero-order chi connectivity index (χ0) is 16.5. The first-order chi connectivity index (χ1) is 11.7. The highest BCUT2D eigenvalue weighted by Gasteiger charge is 2.40. The number of carbonyl (C=O) groups is 1. The third-order valence-electron chi connectivity index (χ3n) is 4.08. The lowest BCUT2D eigenvalue weighted by Crippen LogP contribution is -2.10. The first-order valence-corrected chi connectivity index (χ1v) is 7.77. The van der Waals surface area contributed by atoms with Crippen LogP contribution in [0.4, 0.5) is 0 Å². The molecule has 1 aliphatic carbocycles. The smallest absolute Gasteiger partial charge is 0.314 e. The maximum atomic E-state index is 11.8. The van der Waals surface area contributed by atoms with Crippen molar-refractivity contribution in [3.63, 3.8) is 0 Å². The Bertz CT molecular complexity index is 859. The van der Waals surface area contributed by atoms with Gasteiger partial charge in [-0.25, -0.2) is 0 Å². The molecular weight excluding hydrogens is 306 g/mol. The predicted octanol–water partition coefficient (Wildman–Crippen LogP) is 3.36. The zero-order valence-corrected chi connectivity index (χ0v) is 13.0. The van der Waals surface area contributed by atoms with E-state index in [0.29, 0.717) is 23.4 Å². The quantitative estimate of drug-likeness (QED) is 0.541. The number of ether oxygens (including phenoxy) is 1. The van der Waals surface area contributed by atoms with Gasteiger partial charge in [-0.1, -0.05) is 12.1 Å². The van der Waals surface area contributed by atoms with Gasteiger partial charge in [0, 0.05) is 18.0 Å². The fourth-order valence-corrected chi connectivity index (χ4v) is 2.46. The summed E-state index contributed by atoms with van der Waals surface area (Å²) in [5, 5.41) is 3.98. The summed E-state index contributed by atoms with van der Waals surface area (Å²) in [5.74, 6) is 1.73. The molecule has 0 aliphatic heterocycles. The summed E-state index contributed by atoms with van der Waals surface area (Å²) in [6, 6.07) is 10.7. The van der Waals surface area contributed by atoms with Crippen molar-refractivity contribution in [1.29, 1.82) is 0 Å². The minimum Gasteiger partial charge on any atom is -0.426 e. The second kappa shape index (κ2) is 5.88. The van der Waals surface area contributed by atoms with Gasteiger partial charge in [0.1, 0.15) is 5.75 Å². The largest absolute Gasteiger partial charge is 0.426 e. The average molecular weight is 321 g/mol. The molecule has 0 unspecified atom stereocenters. The lowest BCUT2D eigenvalue weighted by atomic mass is 10.2. The topological polar surface area (TPSA) is 78.1 Å². The van der Waals surface area contributed by atoms with Crippen LogP contribution in [0, 0.1) is 11.8 Å². The van der Waals surface area contributed by atoms with Crippen molar-refractivity contribution in [3.8, 4) is 28.6 Å². The van der Waals surface area contributed by atoms with Crippen molar-refractivity contribution in [2.75, 3.05) is 0 Å². The Labute approximate surface area is 138 Å². The minimum absolute atomic E-state index is 0.0453. The van der Waals surface area contributed by atoms with Crippen molar-refractivity contribution >= 4 is 5.97 Å². The van der Waals surface area contributed by atoms with Gasteiger partial charge >= 0.3 is 5.97 Å². The van der Waals surface area contributed by atoms with Crippen molar-refractivity contribution in [3.05, 3.63) is 48.8 Å². The fourth-order valence-electron chi connectivity index (χ4n) is 2.46. The van der Waals surface area contributed by atoms with Crippen LogP contribution in [0.15, 0.2) is 53.3 Å². The van der Waals surface area contributed by atoms with Crippen LogP contribution in [-0.4, -0.2) is 21.1 Å². The van der Waals surface area contributed by atoms with E-state index in [9.17, 15) is 4.79 Å². The number of carbonyl (C=O) groups excluding carboxylic acids is 1. The zero-order valence-electron chi connectivity index (χ0n) is 13.0.